The van der Waals surface area contributed by atoms with Gasteiger partial charge in [0, 0.05) is 17.3 Å². The van der Waals surface area contributed by atoms with Crippen molar-refractivity contribution < 1.29 is 233 Å². The molecular formula is C42H59K3O16. The van der Waals surface area contributed by atoms with Crippen molar-refractivity contribution in [3.8, 4) is 0 Å². The van der Waals surface area contributed by atoms with Gasteiger partial charge in [0.05, 0.1) is 18.0 Å². The molecule has 0 radical (unpaired) electrons. The topological polar surface area (TPSA) is 276 Å². The van der Waals surface area contributed by atoms with Crippen LogP contribution in [0.25, 0.3) is 0 Å². The molecule has 4 saturated carbocycles. The fourth-order valence-corrected chi connectivity index (χ4v) is 13.3. The minimum atomic E-state index is -2.16. The van der Waals surface area contributed by atoms with E-state index in [0.29, 0.717) is 38.5 Å². The van der Waals surface area contributed by atoms with E-state index >= 15 is 0 Å². The first-order valence-electron chi connectivity index (χ1n) is 20.7. The number of aliphatic hydroxyl groups excluding tert-OH is 5. The van der Waals surface area contributed by atoms with Gasteiger partial charge in [-0.05, 0) is 103 Å². The number of carbonyl (C=O) groups is 4. The molecule has 61 heavy (non-hydrogen) atoms. The largest absolute Gasteiger partial charge is 1.00 e. The summed E-state index contributed by atoms with van der Waals surface area (Å²) in [4.78, 5) is 50.9. The van der Waals surface area contributed by atoms with E-state index < -0.39 is 107 Å². The molecule has 0 aromatic rings. The van der Waals surface area contributed by atoms with Crippen LogP contribution in [0.15, 0.2) is 11.6 Å². The molecule has 6 fully saturated rings. The van der Waals surface area contributed by atoms with Crippen molar-refractivity contribution in [1.82, 2.24) is 0 Å². The molecule has 2 heterocycles. The maximum absolute atomic E-state index is 14.8. The smallest absolute Gasteiger partial charge is 0.550 e. The van der Waals surface area contributed by atoms with Crippen LogP contribution < -0.4 is 169 Å². The second kappa shape index (κ2) is 19.6. The molecule has 5 N–H and O–H groups in total. The van der Waals surface area contributed by atoms with Crippen molar-refractivity contribution in [1.29, 1.82) is 0 Å². The molecule has 2 aliphatic heterocycles. The Balaban J connectivity index is 0.00000273. The Kier molecular flexibility index (Phi) is 18.0. The molecule has 0 aromatic heterocycles. The number of ketones is 1. The number of carbonyl (C=O) groups excluding carboxylic acids is 4. The van der Waals surface area contributed by atoms with E-state index in [2.05, 4.69) is 27.7 Å². The first kappa shape index (κ1) is 56.0. The van der Waals surface area contributed by atoms with Crippen LogP contribution in [0.3, 0.4) is 0 Å². The minimum Gasteiger partial charge on any atom is -0.550 e. The molecule has 19 heteroatoms. The third kappa shape index (κ3) is 9.06. The number of hydrogen-bond acceptors (Lipinski definition) is 16. The molecule has 0 spiro atoms. The van der Waals surface area contributed by atoms with E-state index in [1.54, 1.807) is 6.92 Å². The number of carboxylic acids is 3. The van der Waals surface area contributed by atoms with Gasteiger partial charge in [-0.1, -0.05) is 54.0 Å². The van der Waals surface area contributed by atoms with Crippen LogP contribution in [0.2, 0.25) is 0 Å². The SMILES string of the molecule is CC1(C)C2CC[C@]3(C)C(C(=O)C=C4[C@@H]5C[C@@](C)(C(=O)[O-])CC[C@]5(C)CC[C@]43C)[C@@]2(C)CC[C@@H]1O[C@H]1O[C@H](C(=O)[O-])[C@@H](O)[C@H](O)[C@H]1O[C@@H]1O[C@H](C(=O)[O-])[C@@H](O)[C@H](O)[C@H]1O.[K+].[K+].[K+]. The summed E-state index contributed by atoms with van der Waals surface area (Å²) in [6.07, 6.45) is -13.4. The minimum absolute atomic E-state index is 0. The van der Waals surface area contributed by atoms with Crippen molar-refractivity contribution >= 4 is 23.7 Å². The maximum Gasteiger partial charge on any atom is 1.00 e. The normalized spacial score (nSPS) is 50.0. The van der Waals surface area contributed by atoms with Crippen LogP contribution in [0, 0.1) is 50.2 Å². The number of rotatable bonds is 7. The standard InChI is InChI=1S/C42H62O16.3K/c1-37(2)21-8-11-42(7)31(20(43)16-18-19-17-39(4,36(53)54)13-12-38(19,3)14-15-41(18,42)6)40(21,5)10-9-22(37)55-35-30(26(47)25(46)29(57-35)33(51)52)58-34-27(48)23(44)24(45)28(56-34)32(49)50;;;/h16,19,21-31,34-35,44-48H,8-15,17H2,1-7H3,(H,49,50)(H,51,52)(H,53,54);;;/q;3*+1/p-3/t19-,21?,22-,23-,24-,25-,26-,27+,28-,29-,30+,31?,34-,35-,38+,39-,40-,41+,42+;;;/m0.../s1. The fraction of sp³-hybridized carbons (Fsp3) is 0.857. The van der Waals surface area contributed by atoms with Crippen molar-refractivity contribution in [2.45, 2.75) is 174 Å². The number of aliphatic carboxylic acids is 3. The second-order valence-corrected chi connectivity index (χ2v) is 20.6. The summed E-state index contributed by atoms with van der Waals surface area (Å²) in [5.41, 5.74) is -2.11. The van der Waals surface area contributed by atoms with Crippen molar-refractivity contribution in [2.24, 2.45) is 50.2 Å². The van der Waals surface area contributed by atoms with E-state index in [1.165, 1.54) is 0 Å². The Morgan fingerprint density at radius 2 is 1.25 bits per heavy atom. The average molecular weight is 937 g/mol. The maximum atomic E-state index is 14.8. The van der Waals surface area contributed by atoms with Gasteiger partial charge in [-0.25, -0.2) is 0 Å². The van der Waals surface area contributed by atoms with E-state index in [-0.39, 0.29) is 189 Å². The number of aliphatic hydroxyl groups is 5. The summed E-state index contributed by atoms with van der Waals surface area (Å²) in [6, 6.07) is 0. The Labute approximate surface area is 484 Å². The van der Waals surface area contributed by atoms with Crippen LogP contribution >= 0.6 is 0 Å². The van der Waals surface area contributed by atoms with Crippen LogP contribution in [0.4, 0.5) is 0 Å². The van der Waals surface area contributed by atoms with Gasteiger partial charge in [-0.15, -0.1) is 0 Å². The van der Waals surface area contributed by atoms with Crippen LogP contribution in [-0.2, 0) is 38.1 Å². The van der Waals surface area contributed by atoms with Crippen molar-refractivity contribution in [3.05, 3.63) is 11.6 Å². The Bertz CT molecular complexity index is 1750. The summed E-state index contributed by atoms with van der Waals surface area (Å²) in [6.45, 7) is 14.6. The number of fused-ring (bicyclic) bond motifs is 7. The first-order valence-corrected chi connectivity index (χ1v) is 20.7. The molecule has 16 nitrogen and oxygen atoms in total. The molecule has 0 bridgehead atoms. The van der Waals surface area contributed by atoms with Crippen LogP contribution in [-0.4, -0.2) is 117 Å². The summed E-state index contributed by atoms with van der Waals surface area (Å²) in [5, 5.41) is 89.2. The molecule has 19 atom stereocenters. The summed E-state index contributed by atoms with van der Waals surface area (Å²) >= 11 is 0. The first-order chi connectivity index (χ1) is 26.8. The third-order valence-corrected chi connectivity index (χ3v) is 17.2. The zero-order valence-corrected chi connectivity index (χ0v) is 46.6. The Morgan fingerprint density at radius 1 is 0.689 bits per heavy atom. The van der Waals surface area contributed by atoms with E-state index in [0.717, 1.165) is 24.8 Å². The van der Waals surface area contributed by atoms with Gasteiger partial charge < -0.3 is 74.2 Å². The van der Waals surface area contributed by atoms with Gasteiger partial charge in [-0.2, -0.15) is 0 Å². The van der Waals surface area contributed by atoms with E-state index in [1.807, 2.05) is 19.9 Å². The Hall–Kier alpha value is 2.37. The molecule has 326 valence electrons. The number of carboxylic acid groups (broad SMARTS) is 3. The zero-order chi connectivity index (χ0) is 42.9. The molecule has 0 aromatic carbocycles. The molecule has 5 aliphatic carbocycles. The number of hydrogen-bond donors (Lipinski definition) is 5. The molecule has 7 aliphatic rings. The number of ether oxygens (including phenoxy) is 4. The Morgan fingerprint density at radius 3 is 1.82 bits per heavy atom. The predicted octanol–water partition coefficient (Wildman–Crippen LogP) is -10.7. The van der Waals surface area contributed by atoms with Gasteiger partial charge >= 0.3 is 154 Å². The van der Waals surface area contributed by atoms with E-state index in [9.17, 15) is 60.0 Å². The third-order valence-electron chi connectivity index (χ3n) is 17.2. The van der Waals surface area contributed by atoms with E-state index in [4.69, 9.17) is 18.9 Å². The van der Waals surface area contributed by atoms with Gasteiger partial charge in [-0.3, -0.25) is 4.79 Å². The summed E-state index contributed by atoms with van der Waals surface area (Å²) in [7, 11) is 0. The van der Waals surface area contributed by atoms with Crippen molar-refractivity contribution in [2.75, 3.05) is 0 Å². The van der Waals surface area contributed by atoms with Gasteiger partial charge in [0.1, 0.15) is 48.8 Å². The predicted molar refractivity (Wildman–Crippen MR) is 192 cm³/mol. The fourth-order valence-electron chi connectivity index (χ4n) is 13.3. The van der Waals surface area contributed by atoms with Crippen LogP contribution in [0.5, 0.6) is 0 Å². The number of allylic oxidation sites excluding steroid dienone is 2. The average Bonchev–Trinajstić information content (AvgIpc) is 3.13. The van der Waals surface area contributed by atoms with Crippen molar-refractivity contribution in [3.63, 3.8) is 0 Å². The van der Waals surface area contributed by atoms with Crippen LogP contribution in [0.1, 0.15) is 106 Å². The second-order valence-electron chi connectivity index (χ2n) is 20.6. The zero-order valence-electron chi connectivity index (χ0n) is 37.3. The molecule has 2 unspecified atom stereocenters. The van der Waals surface area contributed by atoms with Gasteiger partial charge in [0.25, 0.3) is 0 Å². The quantitative estimate of drug-likeness (QED) is 0.117. The molecule has 2 saturated heterocycles. The molecule has 0 amide bonds. The van der Waals surface area contributed by atoms with Gasteiger partial charge in [0.15, 0.2) is 18.4 Å². The monoisotopic (exact) mass is 936 g/mol. The summed E-state index contributed by atoms with van der Waals surface area (Å²) in [5.74, 6) is -5.37. The van der Waals surface area contributed by atoms with Gasteiger partial charge in [0.2, 0.25) is 0 Å². The molecular weight excluding hydrogens is 878 g/mol. The molecule has 7 rings (SSSR count). The summed E-state index contributed by atoms with van der Waals surface area (Å²) < 4.78 is 23.1.